The van der Waals surface area contributed by atoms with E-state index in [1.165, 1.54) is 16.3 Å². The molecule has 0 radical (unpaired) electrons. The van der Waals surface area contributed by atoms with Crippen LogP contribution in [0.3, 0.4) is 0 Å². The van der Waals surface area contributed by atoms with Gasteiger partial charge in [0, 0.05) is 0 Å². The Hall–Kier alpha value is -1.56. The van der Waals surface area contributed by atoms with E-state index in [9.17, 15) is 0 Å². The lowest BCUT2D eigenvalue weighted by Gasteiger charge is -2.02. The molecule has 2 aromatic rings. The van der Waals surface area contributed by atoms with E-state index in [1.54, 1.807) is 0 Å². The average Bonchev–Trinajstić information content (AvgIpc) is 3.14. The Balaban J connectivity index is 1.81. The van der Waals surface area contributed by atoms with Crippen molar-refractivity contribution in [2.24, 2.45) is 0 Å². The maximum absolute atomic E-state index is 5.70. The van der Waals surface area contributed by atoms with Crippen molar-refractivity contribution in [1.29, 1.82) is 0 Å². The van der Waals surface area contributed by atoms with Crippen molar-refractivity contribution in [1.82, 2.24) is 0 Å². The van der Waals surface area contributed by atoms with Gasteiger partial charge in [0.05, 0.1) is 0 Å². The molecule has 1 nitrogen and oxygen atoms in total. The highest BCUT2D eigenvalue weighted by molar-refractivity contribution is 6.83. The largest absolute Gasteiger partial charge is 0.351 e. The molecule has 0 aliphatic carbocycles. The first kappa shape index (κ1) is 12.5. The minimum Gasteiger partial charge on any atom is -0.351 e. The van der Waals surface area contributed by atoms with Crippen LogP contribution in [0, 0.1) is 11.5 Å². The average molecular weight is 266 g/mol. The minimum absolute atomic E-state index is 0.105. The van der Waals surface area contributed by atoms with Crippen LogP contribution in [0.1, 0.15) is 11.7 Å². The number of epoxide rings is 1. The molecule has 0 bridgehead atoms. The van der Waals surface area contributed by atoms with Gasteiger partial charge >= 0.3 is 0 Å². The van der Waals surface area contributed by atoms with E-state index in [4.69, 9.17) is 4.74 Å². The van der Waals surface area contributed by atoms with Crippen LogP contribution in [-0.2, 0) is 4.74 Å². The van der Waals surface area contributed by atoms with Crippen LogP contribution in [0.15, 0.2) is 42.5 Å². The Morgan fingerprint density at radius 2 is 1.74 bits per heavy atom. The van der Waals surface area contributed by atoms with E-state index in [2.05, 4.69) is 73.6 Å². The molecule has 0 aromatic heterocycles. The molecule has 2 heteroatoms. The standard InChI is InChI=1S/C17H18OSi/c1-19(2,3)11-10-16-17(18-16)15-9-8-13-6-4-5-7-14(13)12-15/h4-9,12,16-17H,1-3H3/t16-,17+/m0/s1. The lowest BCUT2D eigenvalue weighted by molar-refractivity contribution is 0.397. The normalized spacial score (nSPS) is 21.8. The predicted octanol–water partition coefficient (Wildman–Crippen LogP) is 4.16. The molecular weight excluding hydrogens is 248 g/mol. The third-order valence-corrected chi connectivity index (χ3v) is 4.08. The summed E-state index contributed by atoms with van der Waals surface area (Å²) in [6.07, 6.45) is 0.279. The Morgan fingerprint density at radius 1 is 1.00 bits per heavy atom. The number of fused-ring (bicyclic) bond motifs is 1. The van der Waals surface area contributed by atoms with Crippen LogP contribution in [0.25, 0.3) is 10.8 Å². The number of hydrogen-bond acceptors (Lipinski definition) is 1. The second-order valence-electron chi connectivity index (χ2n) is 6.10. The van der Waals surface area contributed by atoms with Crippen LogP contribution < -0.4 is 0 Å². The van der Waals surface area contributed by atoms with Gasteiger partial charge in [0.15, 0.2) is 0 Å². The molecule has 1 aliphatic heterocycles. The zero-order valence-electron chi connectivity index (χ0n) is 11.6. The van der Waals surface area contributed by atoms with Crippen molar-refractivity contribution in [3.8, 4) is 11.5 Å². The summed E-state index contributed by atoms with van der Waals surface area (Å²) in [7, 11) is -1.30. The third-order valence-electron chi connectivity index (χ3n) is 3.18. The van der Waals surface area contributed by atoms with E-state index in [1.807, 2.05) is 0 Å². The van der Waals surface area contributed by atoms with Gasteiger partial charge < -0.3 is 4.74 Å². The summed E-state index contributed by atoms with van der Waals surface area (Å²) in [6, 6.07) is 15.0. The summed E-state index contributed by atoms with van der Waals surface area (Å²) in [5.74, 6) is 3.28. The zero-order chi connectivity index (χ0) is 13.5. The second-order valence-corrected chi connectivity index (χ2v) is 10.9. The van der Waals surface area contributed by atoms with Crippen molar-refractivity contribution in [3.05, 3.63) is 48.0 Å². The first-order valence-electron chi connectivity index (χ1n) is 6.70. The molecule has 96 valence electrons. The molecule has 19 heavy (non-hydrogen) atoms. The molecule has 2 atom stereocenters. The summed E-state index contributed by atoms with van der Waals surface area (Å²) < 4.78 is 5.70. The van der Waals surface area contributed by atoms with E-state index < -0.39 is 8.07 Å². The molecule has 0 spiro atoms. The van der Waals surface area contributed by atoms with Crippen LogP contribution >= 0.6 is 0 Å². The van der Waals surface area contributed by atoms with Crippen molar-refractivity contribution < 1.29 is 4.74 Å². The van der Waals surface area contributed by atoms with E-state index in [-0.39, 0.29) is 12.2 Å². The molecule has 0 amide bonds. The van der Waals surface area contributed by atoms with E-state index in [0.717, 1.165) is 0 Å². The van der Waals surface area contributed by atoms with Gasteiger partial charge in [-0.1, -0.05) is 62.0 Å². The highest BCUT2D eigenvalue weighted by Crippen LogP contribution is 2.39. The molecule has 1 saturated heterocycles. The number of ether oxygens (including phenoxy) is 1. The Kier molecular flexibility index (Phi) is 2.97. The van der Waals surface area contributed by atoms with Gasteiger partial charge in [0.2, 0.25) is 0 Å². The first-order valence-corrected chi connectivity index (χ1v) is 10.2. The summed E-state index contributed by atoms with van der Waals surface area (Å²) in [5, 5.41) is 2.55. The zero-order valence-corrected chi connectivity index (χ0v) is 12.6. The summed E-state index contributed by atoms with van der Waals surface area (Å²) >= 11 is 0. The van der Waals surface area contributed by atoms with Crippen LogP contribution in [0.2, 0.25) is 19.6 Å². The molecule has 1 aliphatic rings. The summed E-state index contributed by atoms with van der Waals surface area (Å²) in [4.78, 5) is 0. The van der Waals surface area contributed by atoms with Crippen molar-refractivity contribution >= 4 is 18.8 Å². The maximum atomic E-state index is 5.70. The van der Waals surface area contributed by atoms with Crippen LogP contribution in [-0.4, -0.2) is 14.2 Å². The van der Waals surface area contributed by atoms with Crippen molar-refractivity contribution in [3.63, 3.8) is 0 Å². The maximum Gasteiger partial charge on any atom is 0.148 e. The monoisotopic (exact) mass is 266 g/mol. The van der Waals surface area contributed by atoms with Gasteiger partial charge in [-0.25, -0.2) is 0 Å². The van der Waals surface area contributed by atoms with Crippen LogP contribution in [0.4, 0.5) is 0 Å². The summed E-state index contributed by atoms with van der Waals surface area (Å²) in [5.41, 5.74) is 4.63. The molecule has 1 heterocycles. The molecule has 0 saturated carbocycles. The number of benzene rings is 2. The Morgan fingerprint density at radius 3 is 2.47 bits per heavy atom. The van der Waals surface area contributed by atoms with Crippen LogP contribution in [0.5, 0.6) is 0 Å². The molecule has 1 fully saturated rings. The summed E-state index contributed by atoms with van der Waals surface area (Å²) in [6.45, 7) is 6.77. The van der Waals surface area contributed by atoms with Crippen molar-refractivity contribution in [2.75, 3.05) is 0 Å². The van der Waals surface area contributed by atoms with E-state index >= 15 is 0 Å². The lowest BCUT2D eigenvalue weighted by atomic mass is 10.0. The molecule has 3 rings (SSSR count). The van der Waals surface area contributed by atoms with Gasteiger partial charge in [-0.3, -0.25) is 0 Å². The number of hydrogen-bond donors (Lipinski definition) is 0. The topological polar surface area (TPSA) is 12.5 Å². The third kappa shape index (κ3) is 2.89. The van der Waals surface area contributed by atoms with Crippen molar-refractivity contribution in [2.45, 2.75) is 31.8 Å². The van der Waals surface area contributed by atoms with Gasteiger partial charge in [-0.15, -0.1) is 5.54 Å². The highest BCUT2D eigenvalue weighted by Gasteiger charge is 2.39. The molecular formula is C17H18OSi. The quantitative estimate of drug-likeness (QED) is 0.429. The predicted molar refractivity (Wildman–Crippen MR) is 82.7 cm³/mol. The van der Waals surface area contributed by atoms with Gasteiger partial charge in [-0.2, -0.15) is 0 Å². The molecule has 0 unspecified atom stereocenters. The molecule has 0 N–H and O–H groups in total. The Bertz CT molecular complexity index is 673. The Labute approximate surface area is 115 Å². The van der Waals surface area contributed by atoms with Gasteiger partial charge in [0.25, 0.3) is 0 Å². The fourth-order valence-electron chi connectivity index (χ4n) is 2.15. The fourth-order valence-corrected chi connectivity index (χ4v) is 2.72. The number of rotatable bonds is 1. The van der Waals surface area contributed by atoms with E-state index in [0.29, 0.717) is 0 Å². The SMILES string of the molecule is C[Si](C)(C)C#C[C@@H]1O[C@@H]1c1ccc2ccccc2c1. The highest BCUT2D eigenvalue weighted by atomic mass is 28.3. The fraction of sp³-hybridized carbons (Fsp3) is 0.294. The smallest absolute Gasteiger partial charge is 0.148 e. The van der Waals surface area contributed by atoms with Gasteiger partial charge in [0.1, 0.15) is 20.3 Å². The lowest BCUT2D eigenvalue weighted by Crippen LogP contribution is -2.16. The second kappa shape index (κ2) is 4.52. The van der Waals surface area contributed by atoms with Gasteiger partial charge in [-0.05, 0) is 22.4 Å². The minimum atomic E-state index is -1.30. The molecule has 2 aromatic carbocycles. The first-order chi connectivity index (χ1) is 9.03.